The number of benzene rings is 1. The fourth-order valence-electron chi connectivity index (χ4n) is 4.40. The molecular formula is C22H28ClN5O2. The Balaban J connectivity index is 1.51. The van der Waals surface area contributed by atoms with Crippen LogP contribution in [0.15, 0.2) is 18.2 Å². The van der Waals surface area contributed by atoms with Crippen LogP contribution in [0.2, 0.25) is 5.02 Å². The molecule has 1 atom stereocenters. The van der Waals surface area contributed by atoms with Gasteiger partial charge in [-0.2, -0.15) is 0 Å². The van der Waals surface area contributed by atoms with Gasteiger partial charge >= 0.3 is 0 Å². The van der Waals surface area contributed by atoms with E-state index in [1.807, 2.05) is 18.2 Å². The molecule has 2 heterocycles. The highest BCUT2D eigenvalue weighted by molar-refractivity contribution is 6.31. The number of nitrogens with two attached hydrogens (primary N) is 1. The summed E-state index contributed by atoms with van der Waals surface area (Å²) < 4.78 is 6.16. The van der Waals surface area contributed by atoms with Crippen molar-refractivity contribution in [1.29, 1.82) is 0 Å². The first-order valence-electron chi connectivity index (χ1n) is 10.4. The Labute approximate surface area is 182 Å². The zero-order chi connectivity index (χ0) is 21.3. The molecule has 2 aromatic rings. The zero-order valence-electron chi connectivity index (χ0n) is 17.5. The number of ketones is 1. The zero-order valence-corrected chi connectivity index (χ0v) is 18.3. The monoisotopic (exact) mass is 429 g/mol. The Hall–Kier alpha value is -2.22. The van der Waals surface area contributed by atoms with E-state index in [1.165, 1.54) is 0 Å². The molecule has 0 saturated carbocycles. The van der Waals surface area contributed by atoms with Crippen molar-refractivity contribution in [3.8, 4) is 5.75 Å². The van der Waals surface area contributed by atoms with E-state index in [9.17, 15) is 4.79 Å². The summed E-state index contributed by atoms with van der Waals surface area (Å²) in [5.74, 6) is 0.882. The second kappa shape index (κ2) is 8.88. The van der Waals surface area contributed by atoms with E-state index in [0.29, 0.717) is 41.4 Å². The van der Waals surface area contributed by atoms with Crippen molar-refractivity contribution in [3.63, 3.8) is 0 Å². The van der Waals surface area contributed by atoms with Crippen LogP contribution in [0.4, 0.5) is 5.95 Å². The number of carbonyl (C=O) groups excluding carboxylic acids is 1. The molecular weight excluding hydrogens is 402 g/mol. The molecule has 160 valence electrons. The molecule has 1 aromatic heterocycles. The lowest BCUT2D eigenvalue weighted by Gasteiger charge is -2.32. The molecule has 0 bridgehead atoms. The highest BCUT2D eigenvalue weighted by Gasteiger charge is 2.32. The van der Waals surface area contributed by atoms with Crippen LogP contribution < -0.4 is 10.5 Å². The van der Waals surface area contributed by atoms with Gasteiger partial charge in [0.15, 0.2) is 5.78 Å². The van der Waals surface area contributed by atoms with Gasteiger partial charge in [-0.1, -0.05) is 17.7 Å². The van der Waals surface area contributed by atoms with Crippen molar-refractivity contribution in [2.45, 2.75) is 25.7 Å². The summed E-state index contributed by atoms with van der Waals surface area (Å²) in [6, 6.07) is 5.68. The number of halogens is 1. The van der Waals surface area contributed by atoms with Gasteiger partial charge in [-0.3, -0.25) is 9.69 Å². The largest absolute Gasteiger partial charge is 0.492 e. The quantitative estimate of drug-likeness (QED) is 0.781. The second-order valence-electron chi connectivity index (χ2n) is 8.16. The lowest BCUT2D eigenvalue weighted by Crippen LogP contribution is -2.45. The fraction of sp³-hybridized carbons (Fsp3) is 0.500. The van der Waals surface area contributed by atoms with Crippen LogP contribution in [0.1, 0.15) is 39.6 Å². The summed E-state index contributed by atoms with van der Waals surface area (Å²) in [4.78, 5) is 26.1. The maximum absolute atomic E-state index is 12.9. The summed E-state index contributed by atoms with van der Waals surface area (Å²) in [6.07, 6.45) is 0.951. The van der Waals surface area contributed by atoms with E-state index in [-0.39, 0.29) is 17.6 Å². The van der Waals surface area contributed by atoms with E-state index in [2.05, 4.69) is 26.8 Å². The number of piperazine rings is 1. The average molecular weight is 430 g/mol. The number of likely N-dealkylation sites (N-methyl/N-ethyl adjacent to an activating group) is 1. The van der Waals surface area contributed by atoms with E-state index >= 15 is 0 Å². The van der Waals surface area contributed by atoms with Gasteiger partial charge in [0.25, 0.3) is 0 Å². The Kier molecular flexibility index (Phi) is 6.22. The Morgan fingerprint density at radius 2 is 1.97 bits per heavy atom. The number of fused-ring (bicyclic) bond motifs is 1. The minimum absolute atomic E-state index is 0.0297. The van der Waals surface area contributed by atoms with Gasteiger partial charge in [0.05, 0.1) is 17.0 Å². The number of aromatic nitrogens is 2. The number of ether oxygens (including phenoxy) is 1. The number of Topliss-reactive ketones (excluding diaryl/α,β-unsaturated/α-hetero) is 1. The third kappa shape index (κ3) is 4.43. The lowest BCUT2D eigenvalue weighted by atomic mass is 9.81. The topological polar surface area (TPSA) is 84.6 Å². The molecule has 8 heteroatoms. The standard InChI is InChI=1S/C22H28ClN5O2/c1-14-20-17(26-22(24)25-14)12-15(13-18(20)29)21-16(23)4-3-5-19(21)30-11-10-28-8-6-27(2)7-9-28/h3-5,15H,6-13H2,1-2H3,(H2,24,25,26). The molecule has 1 aromatic carbocycles. The summed E-state index contributed by atoms with van der Waals surface area (Å²) >= 11 is 6.58. The van der Waals surface area contributed by atoms with Crippen LogP contribution in [-0.4, -0.2) is 71.9 Å². The van der Waals surface area contributed by atoms with Crippen molar-refractivity contribution in [2.24, 2.45) is 0 Å². The summed E-state index contributed by atoms with van der Waals surface area (Å²) in [5, 5.41) is 0.618. The maximum atomic E-state index is 12.9. The molecule has 2 N–H and O–H groups in total. The number of carbonyl (C=O) groups is 1. The number of nitrogens with zero attached hydrogens (tertiary/aromatic N) is 4. The molecule has 0 radical (unpaired) electrons. The molecule has 0 amide bonds. The van der Waals surface area contributed by atoms with E-state index in [4.69, 9.17) is 22.1 Å². The van der Waals surface area contributed by atoms with Gasteiger partial charge in [0.1, 0.15) is 12.4 Å². The number of rotatable bonds is 5. The molecule has 30 heavy (non-hydrogen) atoms. The molecule has 7 nitrogen and oxygen atoms in total. The predicted octanol–water partition coefficient (Wildman–Crippen LogP) is 2.56. The normalized spacial score (nSPS) is 20.2. The smallest absolute Gasteiger partial charge is 0.220 e. The molecule has 0 spiro atoms. The van der Waals surface area contributed by atoms with Gasteiger partial charge in [-0.05, 0) is 32.5 Å². The maximum Gasteiger partial charge on any atom is 0.220 e. The summed E-state index contributed by atoms with van der Waals surface area (Å²) in [6.45, 7) is 7.52. The Morgan fingerprint density at radius 3 is 2.73 bits per heavy atom. The van der Waals surface area contributed by atoms with Gasteiger partial charge in [-0.15, -0.1) is 0 Å². The SMILES string of the molecule is Cc1nc(N)nc2c1C(=O)CC(c1c(Cl)cccc1OCCN1CCN(C)CC1)C2. The van der Waals surface area contributed by atoms with Crippen LogP contribution in [0.25, 0.3) is 0 Å². The first kappa shape index (κ1) is 21.0. The van der Waals surface area contributed by atoms with E-state index < -0.39 is 0 Å². The number of nitrogen functional groups attached to an aromatic ring is 1. The second-order valence-corrected chi connectivity index (χ2v) is 8.57. The third-order valence-corrected chi connectivity index (χ3v) is 6.34. The van der Waals surface area contributed by atoms with E-state index in [0.717, 1.165) is 44.0 Å². The Morgan fingerprint density at radius 1 is 1.20 bits per heavy atom. The van der Waals surface area contributed by atoms with Crippen molar-refractivity contribution in [1.82, 2.24) is 19.8 Å². The highest BCUT2D eigenvalue weighted by Crippen LogP contribution is 2.41. The minimum atomic E-state index is -0.0916. The molecule has 1 saturated heterocycles. The van der Waals surface area contributed by atoms with Gasteiger partial charge < -0.3 is 15.4 Å². The molecule has 1 aliphatic carbocycles. The minimum Gasteiger partial charge on any atom is -0.492 e. The van der Waals surface area contributed by atoms with Crippen LogP contribution in [-0.2, 0) is 6.42 Å². The van der Waals surface area contributed by atoms with Crippen molar-refractivity contribution < 1.29 is 9.53 Å². The van der Waals surface area contributed by atoms with Crippen LogP contribution in [0.5, 0.6) is 5.75 Å². The fourth-order valence-corrected chi connectivity index (χ4v) is 4.72. The summed E-state index contributed by atoms with van der Waals surface area (Å²) in [7, 11) is 2.15. The van der Waals surface area contributed by atoms with Gasteiger partial charge in [0.2, 0.25) is 5.95 Å². The third-order valence-electron chi connectivity index (χ3n) is 6.01. The van der Waals surface area contributed by atoms with Gasteiger partial charge in [-0.25, -0.2) is 9.97 Å². The van der Waals surface area contributed by atoms with Crippen molar-refractivity contribution in [3.05, 3.63) is 45.7 Å². The van der Waals surface area contributed by atoms with Crippen molar-refractivity contribution >= 4 is 23.3 Å². The van der Waals surface area contributed by atoms with E-state index in [1.54, 1.807) is 6.92 Å². The summed E-state index contributed by atoms with van der Waals surface area (Å²) in [5.41, 5.74) is 8.65. The van der Waals surface area contributed by atoms with Crippen LogP contribution >= 0.6 is 11.6 Å². The number of aryl methyl sites for hydroxylation is 1. The highest BCUT2D eigenvalue weighted by atomic mass is 35.5. The lowest BCUT2D eigenvalue weighted by molar-refractivity contribution is 0.0961. The molecule has 1 fully saturated rings. The van der Waals surface area contributed by atoms with Crippen LogP contribution in [0, 0.1) is 6.92 Å². The average Bonchev–Trinajstić information content (AvgIpc) is 2.68. The first-order chi connectivity index (χ1) is 14.4. The Bertz CT molecular complexity index is 943. The van der Waals surface area contributed by atoms with Crippen molar-refractivity contribution in [2.75, 3.05) is 52.1 Å². The predicted molar refractivity (Wildman–Crippen MR) is 117 cm³/mol. The number of hydrogen-bond acceptors (Lipinski definition) is 7. The number of anilines is 1. The molecule has 2 aliphatic rings. The molecule has 1 aliphatic heterocycles. The first-order valence-corrected chi connectivity index (χ1v) is 10.8. The van der Waals surface area contributed by atoms with Crippen LogP contribution in [0.3, 0.4) is 0 Å². The van der Waals surface area contributed by atoms with Gasteiger partial charge in [0, 0.05) is 55.6 Å². The number of hydrogen-bond donors (Lipinski definition) is 1. The molecule has 1 unspecified atom stereocenters. The molecule has 4 rings (SSSR count).